The molecule has 0 aliphatic carbocycles. The molecule has 6 amide bonds. The Balaban J connectivity index is 0.840. The van der Waals surface area contributed by atoms with Crippen molar-refractivity contribution < 1.29 is 51.0 Å². The fourth-order valence-corrected chi connectivity index (χ4v) is 10.4. The predicted octanol–water partition coefficient (Wildman–Crippen LogP) is 5.92. The summed E-state index contributed by atoms with van der Waals surface area (Å²) in [5, 5.41) is 5.14. The Morgan fingerprint density at radius 1 is 0.891 bits per heavy atom. The van der Waals surface area contributed by atoms with E-state index in [2.05, 4.69) is 15.5 Å². The van der Waals surface area contributed by atoms with Crippen molar-refractivity contribution in [1.29, 1.82) is 0 Å². The number of hydrogen-bond acceptors (Lipinski definition) is 11. The van der Waals surface area contributed by atoms with E-state index in [1.807, 2.05) is 0 Å². The number of methoxy groups -OCH3 is 1. The monoisotopic (exact) mass is 901 g/mol. The van der Waals surface area contributed by atoms with Gasteiger partial charge in [0.1, 0.15) is 21.7 Å². The van der Waals surface area contributed by atoms with E-state index in [4.69, 9.17) is 9.47 Å². The molecule has 0 bridgehead atoms. The lowest BCUT2D eigenvalue weighted by molar-refractivity contribution is -0.137. The van der Waals surface area contributed by atoms with Gasteiger partial charge in [0.25, 0.3) is 17.7 Å². The molecule has 3 aromatic carbocycles. The molecule has 15 nitrogen and oxygen atoms in total. The summed E-state index contributed by atoms with van der Waals surface area (Å²) in [4.78, 5) is 83.2. The van der Waals surface area contributed by atoms with Crippen LogP contribution in [0.1, 0.15) is 137 Å². The third-order valence-electron chi connectivity index (χ3n) is 12.7. The molecule has 342 valence electrons. The lowest BCUT2D eigenvalue weighted by atomic mass is 9.85. The van der Waals surface area contributed by atoms with Crippen LogP contribution in [-0.4, -0.2) is 110 Å². The van der Waals surface area contributed by atoms with Gasteiger partial charge in [0.2, 0.25) is 17.7 Å². The normalized spacial score (nSPS) is 18.6. The van der Waals surface area contributed by atoms with Crippen LogP contribution in [0.3, 0.4) is 0 Å². The Kier molecular flexibility index (Phi) is 14.5. The van der Waals surface area contributed by atoms with Crippen LogP contribution in [0.15, 0.2) is 48.5 Å². The lowest BCUT2D eigenvalue weighted by Crippen LogP contribution is -2.52. The number of piperidine rings is 2. The van der Waals surface area contributed by atoms with Gasteiger partial charge in [-0.05, 0) is 118 Å². The number of fused-ring (bicyclic) bond motifs is 2. The topological polar surface area (TPSA) is 189 Å². The molecular weight excluding hydrogens is 846 g/mol. The van der Waals surface area contributed by atoms with E-state index in [1.165, 1.54) is 24.1 Å². The number of hydrogen-bond donors (Lipinski definition) is 2. The second kappa shape index (κ2) is 20.0. The molecule has 64 heavy (non-hydrogen) atoms. The molecule has 4 aliphatic heterocycles. The van der Waals surface area contributed by atoms with Crippen LogP contribution in [0, 0.1) is 5.82 Å². The first-order chi connectivity index (χ1) is 30.7. The lowest BCUT2D eigenvalue weighted by Gasteiger charge is -2.33. The van der Waals surface area contributed by atoms with Gasteiger partial charge in [-0.1, -0.05) is 37.8 Å². The zero-order chi connectivity index (χ0) is 45.7. The maximum absolute atomic E-state index is 14.8. The number of nitrogens with zero attached hydrogens (tertiary/aromatic N) is 3. The molecule has 4 aliphatic rings. The summed E-state index contributed by atoms with van der Waals surface area (Å²) in [5.74, 6) is -2.96. The minimum absolute atomic E-state index is 0.0226. The van der Waals surface area contributed by atoms with Gasteiger partial charge in [0.15, 0.2) is 11.5 Å². The maximum Gasteiger partial charge on any atom is 0.264 e. The van der Waals surface area contributed by atoms with Crippen LogP contribution < -0.4 is 20.1 Å². The van der Waals surface area contributed by atoms with Crippen molar-refractivity contribution >= 4 is 51.0 Å². The quantitative estimate of drug-likeness (QED) is 0.107. The summed E-state index contributed by atoms with van der Waals surface area (Å²) in [6.45, 7) is 4.99. The Morgan fingerprint density at radius 3 is 2.33 bits per heavy atom. The largest absolute Gasteiger partial charge is 0.493 e. The highest BCUT2D eigenvalue weighted by Crippen LogP contribution is 2.40. The number of sulfone groups is 1. The highest BCUT2D eigenvalue weighted by atomic mass is 32.2. The SMILES string of the molecule is CCOc1cc(C(CS(C)(=O)=O)N2C(=O)c3cccc(NC(=O)CCCCCCCCN4CCC(c5cc(F)cc6c5CN(C5CCC(=O)NC5=O)C6=O)CC4)c3C2=O)ccc1OC. The Hall–Kier alpha value is -5.68. The molecule has 0 aromatic heterocycles. The van der Waals surface area contributed by atoms with Crippen molar-refractivity contribution in [3.8, 4) is 11.5 Å². The summed E-state index contributed by atoms with van der Waals surface area (Å²) < 4.78 is 51.1. The van der Waals surface area contributed by atoms with Gasteiger partial charge in [-0.15, -0.1) is 0 Å². The summed E-state index contributed by atoms with van der Waals surface area (Å²) in [7, 11) is -2.21. The first-order valence-corrected chi connectivity index (χ1v) is 24.2. The molecule has 2 N–H and O–H groups in total. The van der Waals surface area contributed by atoms with Gasteiger partial charge < -0.3 is 24.6 Å². The molecule has 7 rings (SSSR count). The number of carbonyl (C=O) groups is 6. The van der Waals surface area contributed by atoms with Gasteiger partial charge in [-0.25, -0.2) is 12.8 Å². The third kappa shape index (κ3) is 10.3. The fraction of sp³-hybridized carbons (Fsp3) is 0.489. The average Bonchev–Trinajstić information content (AvgIpc) is 3.72. The second-order valence-corrected chi connectivity index (χ2v) is 19.3. The predicted molar refractivity (Wildman–Crippen MR) is 235 cm³/mol. The highest BCUT2D eigenvalue weighted by Gasteiger charge is 2.44. The van der Waals surface area contributed by atoms with Crippen molar-refractivity contribution in [3.63, 3.8) is 0 Å². The van der Waals surface area contributed by atoms with Crippen molar-refractivity contribution in [2.45, 2.75) is 102 Å². The molecule has 2 atom stereocenters. The Labute approximate surface area is 372 Å². The number of likely N-dealkylation sites (tertiary alicyclic amines) is 1. The fourth-order valence-electron chi connectivity index (χ4n) is 9.49. The third-order valence-corrected chi connectivity index (χ3v) is 13.6. The van der Waals surface area contributed by atoms with E-state index < -0.39 is 51.2 Å². The molecule has 0 saturated carbocycles. The second-order valence-electron chi connectivity index (χ2n) is 17.1. The molecule has 2 unspecified atom stereocenters. The van der Waals surface area contributed by atoms with Gasteiger partial charge in [-0.2, -0.15) is 0 Å². The van der Waals surface area contributed by atoms with Gasteiger partial charge in [0, 0.05) is 31.2 Å². The van der Waals surface area contributed by atoms with Gasteiger partial charge >= 0.3 is 0 Å². The van der Waals surface area contributed by atoms with Crippen molar-refractivity contribution in [2.75, 3.05) is 50.7 Å². The van der Waals surface area contributed by atoms with E-state index in [0.717, 1.165) is 86.9 Å². The first kappa shape index (κ1) is 46.3. The van der Waals surface area contributed by atoms with Gasteiger partial charge in [-0.3, -0.25) is 39.0 Å². The van der Waals surface area contributed by atoms with Crippen LogP contribution in [0.2, 0.25) is 0 Å². The van der Waals surface area contributed by atoms with E-state index in [0.29, 0.717) is 35.7 Å². The molecule has 2 saturated heterocycles. The number of imide groups is 2. The molecule has 4 heterocycles. The summed E-state index contributed by atoms with van der Waals surface area (Å²) in [6, 6.07) is 10.3. The maximum atomic E-state index is 14.8. The first-order valence-electron chi connectivity index (χ1n) is 22.2. The van der Waals surface area contributed by atoms with Crippen LogP contribution in [0.4, 0.5) is 10.1 Å². The van der Waals surface area contributed by atoms with E-state index in [1.54, 1.807) is 43.3 Å². The van der Waals surface area contributed by atoms with Crippen molar-refractivity contribution in [2.24, 2.45) is 0 Å². The standard InChI is InChI=1S/C47H56FN5O10S/c1-4-63-40-24-30(15-17-39(40)62-2)38(28-64(3,60)61)53-46(58)32-12-11-13-36(43(32)47(53)59)49-41(54)14-9-7-5-6-8-10-21-51-22-19-29(20-23-51)33-25-31(48)26-34-35(33)27-52(45(34)57)37-16-18-42(55)50-44(37)56/h11-13,15,17,24-26,29,37-38H,4-10,14,16,18-23,27-28H2,1-3H3,(H,49,54)(H,50,55,56). The van der Waals surface area contributed by atoms with E-state index in [9.17, 15) is 41.6 Å². The number of ether oxygens (including phenoxy) is 2. The van der Waals surface area contributed by atoms with E-state index in [-0.39, 0.29) is 66.3 Å². The van der Waals surface area contributed by atoms with Crippen molar-refractivity contribution in [1.82, 2.24) is 20.0 Å². The summed E-state index contributed by atoms with van der Waals surface area (Å²) in [6.07, 6.45) is 8.87. The molecule has 2 fully saturated rings. The van der Waals surface area contributed by atoms with Crippen molar-refractivity contribution in [3.05, 3.63) is 87.7 Å². The van der Waals surface area contributed by atoms with Crippen LogP contribution in [0.5, 0.6) is 11.5 Å². The molecule has 0 spiro atoms. The Bertz CT molecular complexity index is 2440. The minimum atomic E-state index is -3.68. The Morgan fingerprint density at radius 2 is 1.62 bits per heavy atom. The number of anilines is 1. The highest BCUT2D eigenvalue weighted by molar-refractivity contribution is 7.90. The van der Waals surface area contributed by atoms with Crippen LogP contribution in [0.25, 0.3) is 0 Å². The molecule has 3 aromatic rings. The summed E-state index contributed by atoms with van der Waals surface area (Å²) in [5.41, 5.74) is 2.61. The smallest absolute Gasteiger partial charge is 0.264 e. The van der Waals surface area contributed by atoms with E-state index >= 15 is 0 Å². The van der Waals surface area contributed by atoms with Crippen LogP contribution in [-0.2, 0) is 30.8 Å². The zero-order valence-corrected chi connectivity index (χ0v) is 37.4. The number of benzene rings is 3. The number of nitrogens with one attached hydrogen (secondary N) is 2. The summed E-state index contributed by atoms with van der Waals surface area (Å²) >= 11 is 0. The minimum Gasteiger partial charge on any atom is -0.493 e. The number of halogens is 1. The number of amides is 6. The molecule has 17 heteroatoms. The number of rotatable bonds is 19. The van der Waals surface area contributed by atoms with Gasteiger partial charge in [0.05, 0.1) is 42.3 Å². The van der Waals surface area contributed by atoms with Crippen LogP contribution >= 0.6 is 0 Å². The zero-order valence-electron chi connectivity index (χ0n) is 36.6. The average molecular weight is 902 g/mol. The molecular formula is C47H56FN5O10S. The number of carbonyl (C=O) groups excluding carboxylic acids is 6. The molecule has 0 radical (unpaired) electrons. The number of unbranched alkanes of at least 4 members (excludes halogenated alkanes) is 5.